The molecule has 0 saturated carbocycles. The molecule has 2 heterocycles. The molecule has 1 amide bonds. The molecule has 1 atom stereocenters. The Bertz CT molecular complexity index is 742. The minimum absolute atomic E-state index is 0.0166. The van der Waals surface area contributed by atoms with Crippen LogP contribution in [-0.4, -0.2) is 46.4 Å². The van der Waals surface area contributed by atoms with Crippen LogP contribution in [0.5, 0.6) is 0 Å². The Morgan fingerprint density at radius 2 is 2.04 bits per heavy atom. The molecule has 0 N–H and O–H groups in total. The second-order valence-corrected chi connectivity index (χ2v) is 5.63. The van der Waals surface area contributed by atoms with Crippen molar-refractivity contribution >= 4 is 5.91 Å². The zero-order chi connectivity index (χ0) is 16.2. The zero-order valence-corrected chi connectivity index (χ0v) is 13.0. The largest absolute Gasteiger partial charge is 0.375 e. The highest BCUT2D eigenvalue weighted by molar-refractivity contribution is 5.92. The number of ether oxygens (including phenoxy) is 1. The summed E-state index contributed by atoms with van der Waals surface area (Å²) >= 11 is 0. The highest BCUT2D eigenvalue weighted by atomic mass is 16.5. The van der Waals surface area contributed by atoms with Crippen LogP contribution >= 0.6 is 0 Å². The summed E-state index contributed by atoms with van der Waals surface area (Å²) in [6, 6.07) is 12.5. The smallest absolute Gasteiger partial charge is 0.274 e. The molecule has 0 spiro atoms. The van der Waals surface area contributed by atoms with Gasteiger partial charge in [0.25, 0.3) is 11.5 Å². The minimum Gasteiger partial charge on any atom is -0.375 e. The van der Waals surface area contributed by atoms with Gasteiger partial charge in [0.15, 0.2) is 0 Å². The summed E-state index contributed by atoms with van der Waals surface area (Å²) in [7, 11) is 0. The number of carbonyl (C=O) groups is 1. The molecule has 1 aromatic carbocycles. The quantitative estimate of drug-likeness (QED) is 0.853. The van der Waals surface area contributed by atoms with E-state index in [2.05, 4.69) is 5.10 Å². The molecule has 1 fully saturated rings. The fourth-order valence-corrected chi connectivity index (χ4v) is 2.60. The average molecular weight is 313 g/mol. The lowest BCUT2D eigenvalue weighted by Gasteiger charge is -2.30. The van der Waals surface area contributed by atoms with Gasteiger partial charge in [-0.05, 0) is 18.6 Å². The van der Waals surface area contributed by atoms with Crippen LogP contribution in [0.1, 0.15) is 23.0 Å². The molecule has 120 valence electrons. The van der Waals surface area contributed by atoms with Crippen LogP contribution in [0.2, 0.25) is 0 Å². The van der Waals surface area contributed by atoms with Crippen LogP contribution in [0.3, 0.4) is 0 Å². The van der Waals surface area contributed by atoms with E-state index in [1.807, 2.05) is 37.3 Å². The van der Waals surface area contributed by atoms with E-state index in [4.69, 9.17) is 4.74 Å². The average Bonchev–Trinajstić information content (AvgIpc) is 2.57. The molecule has 6 heteroatoms. The Hall–Kier alpha value is -2.47. The van der Waals surface area contributed by atoms with E-state index in [0.717, 1.165) is 5.56 Å². The molecule has 0 unspecified atom stereocenters. The fraction of sp³-hybridized carbons (Fsp3) is 0.353. The number of hydrogen-bond acceptors (Lipinski definition) is 4. The van der Waals surface area contributed by atoms with Crippen molar-refractivity contribution in [1.82, 2.24) is 14.7 Å². The molecule has 1 aliphatic rings. The Labute approximate surface area is 134 Å². The van der Waals surface area contributed by atoms with Gasteiger partial charge in [0.2, 0.25) is 0 Å². The van der Waals surface area contributed by atoms with E-state index in [0.29, 0.717) is 26.2 Å². The summed E-state index contributed by atoms with van der Waals surface area (Å²) < 4.78 is 6.77. The third-order valence-corrected chi connectivity index (χ3v) is 3.79. The molecule has 0 bridgehead atoms. The standard InChI is InChI=1S/C17H19N3O3/c1-13-11-19(9-10-23-13)17(22)15-7-8-16(21)20(18-15)12-14-5-3-2-4-6-14/h2-8,13H,9-12H2,1H3/t13-/m0/s1. The van der Waals surface area contributed by atoms with Gasteiger partial charge >= 0.3 is 0 Å². The Morgan fingerprint density at radius 1 is 1.26 bits per heavy atom. The van der Waals surface area contributed by atoms with Crippen LogP contribution in [0.15, 0.2) is 47.3 Å². The maximum atomic E-state index is 12.6. The number of aromatic nitrogens is 2. The van der Waals surface area contributed by atoms with Crippen molar-refractivity contribution < 1.29 is 9.53 Å². The van der Waals surface area contributed by atoms with E-state index >= 15 is 0 Å². The third-order valence-electron chi connectivity index (χ3n) is 3.79. The van der Waals surface area contributed by atoms with Gasteiger partial charge in [0.1, 0.15) is 5.69 Å². The normalized spacial score (nSPS) is 18.0. The summed E-state index contributed by atoms with van der Waals surface area (Å²) in [5.41, 5.74) is 1.03. The molecular weight excluding hydrogens is 294 g/mol. The van der Waals surface area contributed by atoms with E-state index in [9.17, 15) is 9.59 Å². The highest BCUT2D eigenvalue weighted by Crippen LogP contribution is 2.08. The summed E-state index contributed by atoms with van der Waals surface area (Å²) in [4.78, 5) is 26.3. The van der Waals surface area contributed by atoms with E-state index in [1.165, 1.54) is 16.8 Å². The number of hydrogen-bond donors (Lipinski definition) is 0. The summed E-state index contributed by atoms with van der Waals surface area (Å²) in [6.45, 7) is 3.89. The van der Waals surface area contributed by atoms with Gasteiger partial charge in [-0.3, -0.25) is 9.59 Å². The van der Waals surface area contributed by atoms with Gasteiger partial charge in [-0.15, -0.1) is 0 Å². The molecule has 1 saturated heterocycles. The maximum Gasteiger partial charge on any atom is 0.274 e. The first kappa shape index (κ1) is 15.4. The van der Waals surface area contributed by atoms with Crippen molar-refractivity contribution in [1.29, 1.82) is 0 Å². The van der Waals surface area contributed by atoms with E-state index in [-0.39, 0.29) is 23.3 Å². The monoisotopic (exact) mass is 313 g/mol. The number of nitrogens with zero attached hydrogens (tertiary/aromatic N) is 3. The van der Waals surface area contributed by atoms with Crippen molar-refractivity contribution in [2.75, 3.05) is 19.7 Å². The molecule has 23 heavy (non-hydrogen) atoms. The molecule has 1 aliphatic heterocycles. The predicted octanol–water partition coefficient (Wildman–Crippen LogP) is 1.15. The maximum absolute atomic E-state index is 12.6. The Kier molecular flexibility index (Phi) is 4.52. The first-order valence-electron chi connectivity index (χ1n) is 7.66. The van der Waals surface area contributed by atoms with E-state index < -0.39 is 0 Å². The van der Waals surface area contributed by atoms with Crippen molar-refractivity contribution in [2.45, 2.75) is 19.6 Å². The zero-order valence-electron chi connectivity index (χ0n) is 13.0. The lowest BCUT2D eigenvalue weighted by molar-refractivity contribution is -0.0127. The van der Waals surface area contributed by atoms with Crippen molar-refractivity contribution in [3.63, 3.8) is 0 Å². The number of benzene rings is 1. The minimum atomic E-state index is -0.222. The lowest BCUT2D eigenvalue weighted by atomic mass is 10.2. The van der Waals surface area contributed by atoms with Crippen LogP contribution in [-0.2, 0) is 11.3 Å². The van der Waals surface area contributed by atoms with Crippen molar-refractivity contribution in [2.24, 2.45) is 0 Å². The molecule has 1 aromatic heterocycles. The molecule has 3 rings (SSSR count). The second kappa shape index (κ2) is 6.75. The van der Waals surface area contributed by atoms with Gasteiger partial charge in [-0.2, -0.15) is 5.10 Å². The van der Waals surface area contributed by atoms with Crippen LogP contribution in [0.25, 0.3) is 0 Å². The van der Waals surface area contributed by atoms with Crippen molar-refractivity contribution in [3.8, 4) is 0 Å². The fourth-order valence-electron chi connectivity index (χ4n) is 2.60. The summed E-state index contributed by atoms with van der Waals surface area (Å²) in [5, 5.41) is 4.24. The summed E-state index contributed by atoms with van der Waals surface area (Å²) in [6.07, 6.45) is 0.0166. The van der Waals surface area contributed by atoms with Crippen LogP contribution < -0.4 is 5.56 Å². The van der Waals surface area contributed by atoms with Gasteiger partial charge in [-0.1, -0.05) is 30.3 Å². The SMILES string of the molecule is C[C@H]1CN(C(=O)c2ccc(=O)n(Cc3ccccc3)n2)CCO1. The second-order valence-electron chi connectivity index (χ2n) is 5.63. The van der Waals surface area contributed by atoms with E-state index in [1.54, 1.807) is 4.90 Å². The summed E-state index contributed by atoms with van der Waals surface area (Å²) in [5.74, 6) is -0.165. The van der Waals surface area contributed by atoms with Crippen molar-refractivity contribution in [3.05, 3.63) is 64.1 Å². The number of carbonyl (C=O) groups excluding carboxylic acids is 1. The number of morpholine rings is 1. The first-order chi connectivity index (χ1) is 11.1. The molecule has 6 nitrogen and oxygen atoms in total. The molecular formula is C17H19N3O3. The van der Waals surface area contributed by atoms with Crippen LogP contribution in [0.4, 0.5) is 0 Å². The molecule has 0 radical (unpaired) electrons. The highest BCUT2D eigenvalue weighted by Gasteiger charge is 2.23. The third kappa shape index (κ3) is 3.65. The van der Waals surface area contributed by atoms with Gasteiger partial charge in [0.05, 0.1) is 19.3 Å². The predicted molar refractivity (Wildman–Crippen MR) is 85.4 cm³/mol. The van der Waals surface area contributed by atoms with Gasteiger partial charge < -0.3 is 9.64 Å². The van der Waals surface area contributed by atoms with Crippen LogP contribution in [0, 0.1) is 0 Å². The number of amides is 1. The van der Waals surface area contributed by atoms with Gasteiger partial charge in [0, 0.05) is 19.2 Å². The topological polar surface area (TPSA) is 64.4 Å². The molecule has 0 aliphatic carbocycles. The van der Waals surface area contributed by atoms with Gasteiger partial charge in [-0.25, -0.2) is 4.68 Å². The Balaban J connectivity index is 1.82. The number of rotatable bonds is 3. The molecule has 2 aromatic rings. The Morgan fingerprint density at radius 3 is 2.78 bits per heavy atom. The first-order valence-corrected chi connectivity index (χ1v) is 7.66. The lowest BCUT2D eigenvalue weighted by Crippen LogP contribution is -2.45.